The van der Waals surface area contributed by atoms with Gasteiger partial charge < -0.3 is 9.84 Å². The summed E-state index contributed by atoms with van der Waals surface area (Å²) < 4.78 is 32.4. The number of carboxylic acid groups (broad SMARTS) is 1. The SMILES string of the molecule is COc1ccc(NS(=O)(=O)N(C)C(C)C)c(C(=O)O)c1. The van der Waals surface area contributed by atoms with Gasteiger partial charge in [0.25, 0.3) is 0 Å². The zero-order valence-corrected chi connectivity index (χ0v) is 12.6. The first-order valence-electron chi connectivity index (χ1n) is 5.86. The van der Waals surface area contributed by atoms with Crippen LogP contribution in [0.5, 0.6) is 5.75 Å². The zero-order valence-electron chi connectivity index (χ0n) is 11.7. The zero-order chi connectivity index (χ0) is 15.5. The molecule has 0 aliphatic carbocycles. The van der Waals surface area contributed by atoms with Crippen molar-refractivity contribution in [2.45, 2.75) is 19.9 Å². The normalized spacial score (nSPS) is 11.7. The van der Waals surface area contributed by atoms with Crippen LogP contribution in [0.1, 0.15) is 24.2 Å². The van der Waals surface area contributed by atoms with Crippen molar-refractivity contribution >= 4 is 21.9 Å². The van der Waals surface area contributed by atoms with E-state index in [0.717, 1.165) is 4.31 Å². The number of nitrogens with zero attached hydrogens (tertiary/aromatic N) is 1. The van der Waals surface area contributed by atoms with Gasteiger partial charge in [-0.05, 0) is 32.0 Å². The van der Waals surface area contributed by atoms with Crippen molar-refractivity contribution in [3.8, 4) is 5.75 Å². The Morgan fingerprint density at radius 2 is 2.00 bits per heavy atom. The van der Waals surface area contributed by atoms with E-state index in [-0.39, 0.29) is 17.3 Å². The van der Waals surface area contributed by atoms with E-state index < -0.39 is 16.2 Å². The van der Waals surface area contributed by atoms with Gasteiger partial charge in [-0.1, -0.05) is 0 Å². The third-order valence-corrected chi connectivity index (χ3v) is 4.46. The lowest BCUT2D eigenvalue weighted by atomic mass is 10.2. The Hall–Kier alpha value is -1.80. The van der Waals surface area contributed by atoms with Gasteiger partial charge in [-0.3, -0.25) is 4.72 Å². The smallest absolute Gasteiger partial charge is 0.337 e. The first-order valence-corrected chi connectivity index (χ1v) is 7.30. The number of benzene rings is 1. The average Bonchev–Trinajstić information content (AvgIpc) is 2.37. The number of rotatable bonds is 6. The van der Waals surface area contributed by atoms with Gasteiger partial charge in [0.05, 0.1) is 18.4 Å². The van der Waals surface area contributed by atoms with Crippen LogP contribution in [0.4, 0.5) is 5.69 Å². The molecule has 112 valence electrons. The van der Waals surface area contributed by atoms with Crippen LogP contribution < -0.4 is 9.46 Å². The van der Waals surface area contributed by atoms with Gasteiger partial charge in [0, 0.05) is 13.1 Å². The van der Waals surface area contributed by atoms with Crippen LogP contribution in [-0.2, 0) is 10.2 Å². The summed E-state index contributed by atoms with van der Waals surface area (Å²) in [4.78, 5) is 11.2. The van der Waals surface area contributed by atoms with Gasteiger partial charge >= 0.3 is 16.2 Å². The maximum Gasteiger partial charge on any atom is 0.337 e. The predicted molar refractivity (Wildman–Crippen MR) is 75.4 cm³/mol. The maximum atomic E-state index is 12.1. The fourth-order valence-corrected chi connectivity index (χ4v) is 2.56. The van der Waals surface area contributed by atoms with Crippen molar-refractivity contribution in [1.29, 1.82) is 0 Å². The van der Waals surface area contributed by atoms with Crippen molar-refractivity contribution in [3.05, 3.63) is 23.8 Å². The molecule has 0 amide bonds. The number of hydrogen-bond acceptors (Lipinski definition) is 4. The van der Waals surface area contributed by atoms with Crippen molar-refractivity contribution in [2.75, 3.05) is 18.9 Å². The molecule has 0 aliphatic heterocycles. The van der Waals surface area contributed by atoms with Crippen LogP contribution in [0.25, 0.3) is 0 Å². The van der Waals surface area contributed by atoms with Gasteiger partial charge in [-0.2, -0.15) is 12.7 Å². The Morgan fingerprint density at radius 3 is 2.45 bits per heavy atom. The monoisotopic (exact) mass is 302 g/mol. The number of hydrogen-bond donors (Lipinski definition) is 2. The van der Waals surface area contributed by atoms with Gasteiger partial charge in [0.2, 0.25) is 0 Å². The summed E-state index contributed by atoms with van der Waals surface area (Å²) >= 11 is 0. The second-order valence-corrected chi connectivity index (χ2v) is 6.16. The highest BCUT2D eigenvalue weighted by atomic mass is 32.2. The highest BCUT2D eigenvalue weighted by Gasteiger charge is 2.23. The first kappa shape index (κ1) is 16.3. The van der Waals surface area contributed by atoms with Gasteiger partial charge in [0.15, 0.2) is 0 Å². The molecule has 0 saturated heterocycles. The number of aromatic carboxylic acids is 1. The minimum Gasteiger partial charge on any atom is -0.497 e. The lowest BCUT2D eigenvalue weighted by Crippen LogP contribution is -2.37. The van der Waals surface area contributed by atoms with Crippen LogP contribution in [0.2, 0.25) is 0 Å². The van der Waals surface area contributed by atoms with E-state index in [9.17, 15) is 13.2 Å². The summed E-state index contributed by atoms with van der Waals surface area (Å²) in [6.45, 7) is 3.43. The molecule has 0 aliphatic rings. The molecule has 8 heteroatoms. The molecule has 0 aromatic heterocycles. The first-order chi connectivity index (χ1) is 9.19. The number of carboxylic acids is 1. The Labute approximate surface area is 118 Å². The summed E-state index contributed by atoms with van der Waals surface area (Å²) in [5.41, 5.74) is -0.184. The molecule has 0 bridgehead atoms. The molecule has 1 aromatic rings. The second-order valence-electron chi connectivity index (χ2n) is 4.43. The van der Waals surface area contributed by atoms with Gasteiger partial charge in [-0.25, -0.2) is 4.79 Å². The third kappa shape index (κ3) is 3.61. The van der Waals surface area contributed by atoms with E-state index in [2.05, 4.69) is 4.72 Å². The molecule has 1 rings (SSSR count). The Balaban J connectivity index is 3.18. The highest BCUT2D eigenvalue weighted by molar-refractivity contribution is 7.90. The van der Waals surface area contributed by atoms with E-state index in [4.69, 9.17) is 9.84 Å². The van der Waals surface area contributed by atoms with E-state index >= 15 is 0 Å². The fourth-order valence-electron chi connectivity index (χ4n) is 1.40. The average molecular weight is 302 g/mol. The molecule has 0 atom stereocenters. The van der Waals surface area contributed by atoms with Crippen molar-refractivity contribution < 1.29 is 23.1 Å². The number of nitrogens with one attached hydrogen (secondary N) is 1. The molecule has 1 aromatic carbocycles. The minimum absolute atomic E-state index is 0.00852. The van der Waals surface area contributed by atoms with Crippen molar-refractivity contribution in [3.63, 3.8) is 0 Å². The molecule has 0 heterocycles. The Morgan fingerprint density at radius 1 is 1.40 bits per heavy atom. The Bertz CT molecular complexity index is 598. The quantitative estimate of drug-likeness (QED) is 0.828. The van der Waals surface area contributed by atoms with Crippen molar-refractivity contribution in [2.24, 2.45) is 0 Å². The molecular formula is C12H18N2O5S. The molecule has 2 N–H and O–H groups in total. The van der Waals surface area contributed by atoms with E-state index in [0.29, 0.717) is 5.75 Å². The molecule has 0 radical (unpaired) electrons. The van der Waals surface area contributed by atoms with E-state index in [1.807, 2.05) is 0 Å². The molecule has 0 fully saturated rings. The molecule has 20 heavy (non-hydrogen) atoms. The van der Waals surface area contributed by atoms with E-state index in [1.165, 1.54) is 32.4 Å². The summed E-state index contributed by atoms with van der Waals surface area (Å²) in [7, 11) is -0.995. The van der Waals surface area contributed by atoms with Gasteiger partial charge in [-0.15, -0.1) is 0 Å². The fraction of sp³-hybridized carbons (Fsp3) is 0.417. The third-order valence-electron chi connectivity index (χ3n) is 2.80. The number of ether oxygens (including phenoxy) is 1. The number of methoxy groups -OCH3 is 1. The Kier molecular flexibility index (Phi) is 4.96. The summed E-state index contributed by atoms with van der Waals surface area (Å²) in [6.07, 6.45) is 0. The van der Waals surface area contributed by atoms with Crippen LogP contribution >= 0.6 is 0 Å². The molecule has 7 nitrogen and oxygen atoms in total. The largest absolute Gasteiger partial charge is 0.497 e. The lowest BCUT2D eigenvalue weighted by molar-refractivity contribution is 0.0697. The number of anilines is 1. The highest BCUT2D eigenvalue weighted by Crippen LogP contribution is 2.23. The van der Waals surface area contributed by atoms with Crippen molar-refractivity contribution in [1.82, 2.24) is 4.31 Å². The number of carbonyl (C=O) groups is 1. The molecule has 0 spiro atoms. The summed E-state index contributed by atoms with van der Waals surface area (Å²) in [5, 5.41) is 9.13. The van der Waals surface area contributed by atoms with Crippen LogP contribution in [0.3, 0.4) is 0 Å². The van der Waals surface area contributed by atoms with Gasteiger partial charge in [0.1, 0.15) is 5.75 Å². The predicted octanol–water partition coefficient (Wildman–Crippen LogP) is 1.39. The topological polar surface area (TPSA) is 95.9 Å². The van der Waals surface area contributed by atoms with Crippen LogP contribution in [0, 0.1) is 0 Å². The maximum absolute atomic E-state index is 12.1. The minimum atomic E-state index is -3.81. The molecule has 0 saturated carbocycles. The second kappa shape index (κ2) is 6.10. The summed E-state index contributed by atoms with van der Waals surface area (Å²) in [6, 6.07) is 3.85. The molecule has 0 unspecified atom stereocenters. The lowest BCUT2D eigenvalue weighted by Gasteiger charge is -2.22. The van der Waals surface area contributed by atoms with E-state index in [1.54, 1.807) is 13.8 Å². The van der Waals surface area contributed by atoms with Crippen LogP contribution in [0.15, 0.2) is 18.2 Å². The summed E-state index contributed by atoms with van der Waals surface area (Å²) in [5.74, 6) is -0.906. The molecular weight excluding hydrogens is 284 g/mol. The standard InChI is InChI=1S/C12H18N2O5S/c1-8(2)14(3)20(17,18)13-11-6-5-9(19-4)7-10(11)12(15)16/h5-8,13H,1-4H3,(H,15,16). The van der Waals surface area contributed by atoms with Crippen LogP contribution in [-0.4, -0.2) is 44.0 Å².